The molecule has 8 nitrogen and oxygen atoms in total. The minimum absolute atomic E-state index is 0. The molecule has 0 aliphatic carbocycles. The molecule has 1 aromatic heterocycles. The summed E-state index contributed by atoms with van der Waals surface area (Å²) in [4.78, 5) is 4.63. The van der Waals surface area contributed by atoms with Crippen LogP contribution in [0.3, 0.4) is 0 Å². The van der Waals surface area contributed by atoms with Crippen LogP contribution in [0.2, 0.25) is 0 Å². The van der Waals surface area contributed by atoms with Crippen molar-refractivity contribution in [1.29, 1.82) is 0 Å². The Morgan fingerprint density at radius 2 is 2.00 bits per heavy atom. The highest BCUT2D eigenvalue weighted by atomic mass is 127. The van der Waals surface area contributed by atoms with Crippen LogP contribution in [-0.4, -0.2) is 40.5 Å². The number of hydrogen-bond acceptors (Lipinski definition) is 5. The summed E-state index contributed by atoms with van der Waals surface area (Å²) in [6, 6.07) is 12.3. The first-order valence-electron chi connectivity index (χ1n) is 10.2. The molecule has 2 heterocycles. The van der Waals surface area contributed by atoms with Crippen LogP contribution < -0.4 is 20.1 Å². The zero-order chi connectivity index (χ0) is 21.5. The van der Waals surface area contributed by atoms with Crippen molar-refractivity contribution in [2.75, 3.05) is 25.1 Å². The predicted octanol–water partition coefficient (Wildman–Crippen LogP) is 3.53. The number of hydrogen-bond donors (Lipinski definition) is 2. The maximum Gasteiger partial charge on any atom is 0.196 e. The van der Waals surface area contributed by atoms with Gasteiger partial charge in [0.05, 0.1) is 13.2 Å². The van der Waals surface area contributed by atoms with Gasteiger partial charge < -0.3 is 24.7 Å². The van der Waals surface area contributed by atoms with Crippen LogP contribution in [0, 0.1) is 5.82 Å². The van der Waals surface area contributed by atoms with Crippen LogP contribution in [-0.2, 0) is 20.0 Å². The fourth-order valence-electron chi connectivity index (χ4n) is 3.14. The highest BCUT2D eigenvalue weighted by Crippen LogP contribution is 2.32. The molecule has 170 valence electrons. The van der Waals surface area contributed by atoms with Crippen LogP contribution in [0.1, 0.15) is 17.8 Å². The van der Waals surface area contributed by atoms with Gasteiger partial charge in [-0.25, -0.2) is 9.38 Å². The fourth-order valence-corrected chi connectivity index (χ4v) is 3.14. The minimum atomic E-state index is -0.237. The quantitative estimate of drug-likeness (QED) is 0.277. The molecule has 2 aromatic carbocycles. The SMILES string of the molecule is Cn1cnnc1CN=C(NCCc1cccc(F)c1)Nc1ccc2c(c1)OCCCO2.I. The highest BCUT2D eigenvalue weighted by Gasteiger charge is 2.12. The van der Waals surface area contributed by atoms with E-state index in [4.69, 9.17) is 9.47 Å². The number of aromatic nitrogens is 3. The lowest BCUT2D eigenvalue weighted by atomic mass is 10.1. The van der Waals surface area contributed by atoms with Gasteiger partial charge in [-0.2, -0.15) is 0 Å². The van der Waals surface area contributed by atoms with Gasteiger partial charge in [0.2, 0.25) is 0 Å². The molecule has 0 bridgehead atoms. The van der Waals surface area contributed by atoms with Crippen molar-refractivity contribution < 1.29 is 13.9 Å². The minimum Gasteiger partial charge on any atom is -0.490 e. The standard InChI is InChI=1S/C22H25FN6O2.HI/c1-29-15-26-28-21(29)14-25-22(24-9-8-16-4-2-5-17(23)12-16)27-18-6-7-19-20(13-18)31-11-3-10-30-19;/h2,4-7,12-13,15H,3,8-11,14H2,1H3,(H2,24,25,27);1H. The largest absolute Gasteiger partial charge is 0.490 e. The molecule has 0 fully saturated rings. The third-order valence-electron chi connectivity index (χ3n) is 4.79. The number of nitrogens with one attached hydrogen (secondary N) is 2. The first-order valence-corrected chi connectivity index (χ1v) is 10.2. The number of anilines is 1. The molecular weight excluding hydrogens is 526 g/mol. The molecule has 0 radical (unpaired) electrons. The van der Waals surface area contributed by atoms with Gasteiger partial charge in [0.1, 0.15) is 18.7 Å². The van der Waals surface area contributed by atoms with Crippen LogP contribution in [0.5, 0.6) is 11.5 Å². The van der Waals surface area contributed by atoms with Crippen LogP contribution >= 0.6 is 24.0 Å². The lowest BCUT2D eigenvalue weighted by molar-refractivity contribution is 0.297. The fraction of sp³-hybridized carbons (Fsp3) is 0.318. The average molecular weight is 552 g/mol. The monoisotopic (exact) mass is 552 g/mol. The van der Waals surface area contributed by atoms with E-state index in [1.165, 1.54) is 12.1 Å². The Balaban J connectivity index is 0.00000289. The summed E-state index contributed by atoms with van der Waals surface area (Å²) in [6.07, 6.45) is 3.15. The Labute approximate surface area is 203 Å². The van der Waals surface area contributed by atoms with Gasteiger partial charge >= 0.3 is 0 Å². The van der Waals surface area contributed by atoms with Gasteiger partial charge in [0.25, 0.3) is 0 Å². The summed E-state index contributed by atoms with van der Waals surface area (Å²) in [7, 11) is 1.87. The summed E-state index contributed by atoms with van der Waals surface area (Å²) in [5.41, 5.74) is 1.73. The Morgan fingerprint density at radius 3 is 2.78 bits per heavy atom. The summed E-state index contributed by atoms with van der Waals surface area (Å²) in [6.45, 7) is 2.20. The van der Waals surface area contributed by atoms with E-state index in [0.717, 1.165) is 29.2 Å². The molecule has 0 saturated heterocycles. The number of guanidine groups is 1. The molecule has 10 heteroatoms. The third kappa shape index (κ3) is 6.55. The Morgan fingerprint density at radius 1 is 1.16 bits per heavy atom. The van der Waals surface area contributed by atoms with Crippen molar-refractivity contribution in [1.82, 2.24) is 20.1 Å². The van der Waals surface area contributed by atoms with Gasteiger partial charge in [0.15, 0.2) is 23.3 Å². The number of aryl methyl sites for hydroxylation is 1. The first-order chi connectivity index (χ1) is 15.2. The molecule has 0 amide bonds. The van der Waals surface area contributed by atoms with Crippen molar-refractivity contribution in [3.63, 3.8) is 0 Å². The molecule has 0 saturated carbocycles. The van der Waals surface area contributed by atoms with Crippen LogP contribution in [0.4, 0.5) is 10.1 Å². The van der Waals surface area contributed by atoms with E-state index in [2.05, 4.69) is 25.8 Å². The summed E-state index contributed by atoms with van der Waals surface area (Å²) < 4.78 is 26.7. The number of rotatable bonds is 6. The second-order valence-electron chi connectivity index (χ2n) is 7.17. The zero-order valence-electron chi connectivity index (χ0n) is 17.8. The van der Waals surface area contributed by atoms with E-state index >= 15 is 0 Å². The second kappa shape index (κ2) is 11.7. The number of aliphatic imine (C=N–C) groups is 1. The van der Waals surface area contributed by atoms with Gasteiger partial charge in [-0.15, -0.1) is 34.2 Å². The van der Waals surface area contributed by atoms with Crippen molar-refractivity contribution in [2.45, 2.75) is 19.4 Å². The average Bonchev–Trinajstić information content (AvgIpc) is 3.03. The van der Waals surface area contributed by atoms with Crippen LogP contribution in [0.15, 0.2) is 53.8 Å². The molecular formula is C22H26FIN6O2. The van der Waals surface area contributed by atoms with E-state index in [1.807, 2.05) is 35.9 Å². The summed E-state index contributed by atoms with van der Waals surface area (Å²) in [5, 5.41) is 14.6. The topological polar surface area (TPSA) is 85.6 Å². The number of benzene rings is 2. The van der Waals surface area contributed by atoms with Crippen LogP contribution in [0.25, 0.3) is 0 Å². The van der Waals surface area contributed by atoms with E-state index in [0.29, 0.717) is 44.4 Å². The number of halogens is 2. The first kappa shape index (κ1) is 23.8. The lowest BCUT2D eigenvalue weighted by Crippen LogP contribution is -2.32. The van der Waals surface area contributed by atoms with E-state index in [9.17, 15) is 4.39 Å². The van der Waals surface area contributed by atoms with Crippen molar-refractivity contribution >= 4 is 35.6 Å². The van der Waals surface area contributed by atoms with Gasteiger partial charge in [-0.05, 0) is 36.2 Å². The number of ether oxygens (including phenoxy) is 2. The molecule has 32 heavy (non-hydrogen) atoms. The van der Waals surface area contributed by atoms with E-state index < -0.39 is 0 Å². The zero-order valence-corrected chi connectivity index (χ0v) is 20.1. The molecule has 2 N–H and O–H groups in total. The van der Waals surface area contributed by atoms with Crippen molar-refractivity contribution in [2.24, 2.45) is 12.0 Å². The summed E-state index contributed by atoms with van der Waals surface area (Å²) >= 11 is 0. The van der Waals surface area contributed by atoms with Crippen molar-refractivity contribution in [3.05, 3.63) is 66.0 Å². The smallest absolute Gasteiger partial charge is 0.196 e. The van der Waals surface area contributed by atoms with Gasteiger partial charge in [-0.3, -0.25) is 0 Å². The number of nitrogens with zero attached hydrogens (tertiary/aromatic N) is 4. The molecule has 4 rings (SSSR count). The third-order valence-corrected chi connectivity index (χ3v) is 4.79. The molecule has 0 spiro atoms. The normalized spacial score (nSPS) is 13.1. The van der Waals surface area contributed by atoms with E-state index in [-0.39, 0.29) is 29.8 Å². The molecule has 0 atom stereocenters. The Hall–Kier alpha value is -2.89. The Kier molecular flexibility index (Phi) is 8.65. The van der Waals surface area contributed by atoms with Gasteiger partial charge in [0, 0.05) is 31.8 Å². The molecule has 3 aromatic rings. The summed E-state index contributed by atoms with van der Waals surface area (Å²) in [5.74, 6) is 2.52. The van der Waals surface area contributed by atoms with Crippen molar-refractivity contribution in [3.8, 4) is 11.5 Å². The molecule has 1 aliphatic rings. The van der Waals surface area contributed by atoms with E-state index in [1.54, 1.807) is 12.4 Å². The Bertz CT molecular complexity index is 1060. The second-order valence-corrected chi connectivity index (χ2v) is 7.17. The maximum atomic E-state index is 13.4. The lowest BCUT2D eigenvalue weighted by Gasteiger charge is -2.14. The predicted molar refractivity (Wildman–Crippen MR) is 131 cm³/mol. The molecule has 0 unspecified atom stereocenters. The maximum absolute atomic E-state index is 13.4. The highest BCUT2D eigenvalue weighted by molar-refractivity contribution is 14.0. The molecule has 1 aliphatic heterocycles. The number of fused-ring (bicyclic) bond motifs is 1. The van der Waals surface area contributed by atoms with Gasteiger partial charge in [-0.1, -0.05) is 12.1 Å².